The molecule has 1 amide bonds. The highest BCUT2D eigenvalue weighted by molar-refractivity contribution is 5.93. The molecule has 0 bridgehead atoms. The molecule has 208 valence electrons. The lowest BCUT2D eigenvalue weighted by Gasteiger charge is -2.48. The number of carbonyl (C=O) groups excluding carboxylic acids is 1. The summed E-state index contributed by atoms with van der Waals surface area (Å²) < 4.78 is 1.54. The Morgan fingerprint density at radius 2 is 1.98 bits per heavy atom. The second-order valence-corrected chi connectivity index (χ2v) is 9.96. The number of para-hydroxylation sites is 1. The maximum atomic E-state index is 12.4. The van der Waals surface area contributed by atoms with Crippen molar-refractivity contribution in [3.05, 3.63) is 78.6 Å². The molecule has 1 aromatic carbocycles. The highest BCUT2D eigenvalue weighted by Crippen LogP contribution is 2.41. The van der Waals surface area contributed by atoms with E-state index in [1.807, 2.05) is 18.2 Å². The van der Waals surface area contributed by atoms with Crippen LogP contribution < -0.4 is 20.9 Å². The fraction of sp³-hybridized carbons (Fsp3) is 0.207. The van der Waals surface area contributed by atoms with Gasteiger partial charge in [0.05, 0.1) is 30.0 Å². The van der Waals surface area contributed by atoms with Crippen molar-refractivity contribution in [2.45, 2.75) is 18.5 Å². The molecule has 2 atom stereocenters. The van der Waals surface area contributed by atoms with Crippen molar-refractivity contribution in [2.24, 2.45) is 0 Å². The molecule has 2 aliphatic rings. The summed E-state index contributed by atoms with van der Waals surface area (Å²) >= 11 is 0. The number of hydrogen-bond acceptors (Lipinski definition) is 11. The van der Waals surface area contributed by atoms with E-state index in [1.165, 1.54) is 0 Å². The largest absolute Gasteiger partial charge is 0.507 e. The van der Waals surface area contributed by atoms with Crippen molar-refractivity contribution in [1.82, 2.24) is 40.1 Å². The van der Waals surface area contributed by atoms with E-state index >= 15 is 0 Å². The number of benzene rings is 1. The molecule has 42 heavy (non-hydrogen) atoms. The number of aromatic hydroxyl groups is 1. The topological polar surface area (TPSA) is 164 Å². The van der Waals surface area contributed by atoms with Gasteiger partial charge in [0.1, 0.15) is 11.6 Å². The minimum absolute atomic E-state index is 0.126. The molecule has 5 aromatic rings. The van der Waals surface area contributed by atoms with Crippen molar-refractivity contribution < 1.29 is 9.90 Å². The average Bonchev–Trinajstić information content (AvgIpc) is 3.58. The number of nitrogens with two attached hydrogens (primary N) is 1. The van der Waals surface area contributed by atoms with Crippen LogP contribution in [0, 0.1) is 11.8 Å². The molecule has 2 fully saturated rings. The van der Waals surface area contributed by atoms with Crippen molar-refractivity contribution in [1.29, 1.82) is 0 Å². The smallest absolute Gasteiger partial charge is 0.272 e. The van der Waals surface area contributed by atoms with Gasteiger partial charge in [-0.25, -0.2) is 19.5 Å². The molecule has 4 aromatic heterocycles. The van der Waals surface area contributed by atoms with Crippen LogP contribution in [-0.2, 0) is 0 Å². The van der Waals surface area contributed by atoms with E-state index in [1.54, 1.807) is 53.4 Å². The Kier molecular flexibility index (Phi) is 6.20. The predicted octanol–water partition coefficient (Wildman–Crippen LogP) is 1.51. The highest BCUT2D eigenvalue weighted by Gasteiger charge is 2.48. The number of amides is 1. The summed E-state index contributed by atoms with van der Waals surface area (Å²) in [6.45, 7) is 1.70. The first-order chi connectivity index (χ1) is 20.5. The molecule has 13 nitrogen and oxygen atoms in total. The van der Waals surface area contributed by atoms with Gasteiger partial charge in [-0.2, -0.15) is 5.10 Å². The van der Waals surface area contributed by atoms with Gasteiger partial charge < -0.3 is 26.0 Å². The first-order valence-corrected chi connectivity index (χ1v) is 13.4. The summed E-state index contributed by atoms with van der Waals surface area (Å²) in [6.07, 6.45) is 5.99. The Balaban J connectivity index is 1.00. The van der Waals surface area contributed by atoms with Crippen molar-refractivity contribution >= 4 is 28.9 Å². The second kappa shape index (κ2) is 10.3. The molecule has 4 N–H and O–H groups in total. The lowest BCUT2D eigenvalue weighted by molar-refractivity contribution is 0.0953. The molecule has 0 radical (unpaired) electrons. The minimum atomic E-state index is -0.333. The SMILES string of the molecule is Nc1nnc(-c2ccccc2O)cc1N1C[C@H]2[C@@H]1CCN2c1ccnc(C#CCNC(=O)c2cc3ncccn3n2)n1. The summed E-state index contributed by atoms with van der Waals surface area (Å²) in [6, 6.07) is 14.7. The van der Waals surface area contributed by atoms with Crippen LogP contribution in [0.2, 0.25) is 0 Å². The second-order valence-electron chi connectivity index (χ2n) is 9.96. The van der Waals surface area contributed by atoms with Crippen LogP contribution >= 0.6 is 0 Å². The van der Waals surface area contributed by atoms with E-state index in [0.29, 0.717) is 28.5 Å². The summed E-state index contributed by atoms with van der Waals surface area (Å²) in [5.41, 5.74) is 9.08. The van der Waals surface area contributed by atoms with Gasteiger partial charge in [-0.3, -0.25) is 4.79 Å². The number of aromatic nitrogens is 7. The first kappa shape index (κ1) is 25.2. The van der Waals surface area contributed by atoms with Gasteiger partial charge in [-0.1, -0.05) is 18.1 Å². The molecule has 0 aliphatic carbocycles. The van der Waals surface area contributed by atoms with Gasteiger partial charge in [0.2, 0.25) is 5.82 Å². The Morgan fingerprint density at radius 1 is 1.07 bits per heavy atom. The van der Waals surface area contributed by atoms with Crippen molar-refractivity contribution in [3.8, 4) is 28.8 Å². The van der Waals surface area contributed by atoms with E-state index in [-0.39, 0.29) is 36.0 Å². The monoisotopic (exact) mass is 559 g/mol. The zero-order chi connectivity index (χ0) is 28.6. The van der Waals surface area contributed by atoms with Gasteiger partial charge in [0.15, 0.2) is 17.2 Å². The molecule has 0 unspecified atom stereocenters. The number of fused-ring (bicyclic) bond motifs is 2. The maximum Gasteiger partial charge on any atom is 0.272 e. The molecular formula is C29H25N11O2. The molecule has 6 heterocycles. The van der Waals surface area contributed by atoms with Crippen LogP contribution in [0.5, 0.6) is 5.75 Å². The van der Waals surface area contributed by atoms with E-state index in [2.05, 4.69) is 57.2 Å². The Bertz CT molecular complexity index is 1850. The van der Waals surface area contributed by atoms with Crippen LogP contribution in [0.4, 0.5) is 17.3 Å². The zero-order valence-electron chi connectivity index (χ0n) is 22.3. The third kappa shape index (κ3) is 4.54. The summed E-state index contributed by atoms with van der Waals surface area (Å²) in [4.78, 5) is 30.1. The van der Waals surface area contributed by atoms with Gasteiger partial charge in [0, 0.05) is 43.3 Å². The molecule has 0 spiro atoms. The van der Waals surface area contributed by atoms with Gasteiger partial charge >= 0.3 is 0 Å². The van der Waals surface area contributed by atoms with Crippen molar-refractivity contribution in [3.63, 3.8) is 0 Å². The van der Waals surface area contributed by atoms with E-state index in [9.17, 15) is 9.90 Å². The van der Waals surface area contributed by atoms with E-state index in [4.69, 9.17) is 5.73 Å². The van der Waals surface area contributed by atoms with E-state index < -0.39 is 0 Å². The number of hydrogen-bond donors (Lipinski definition) is 3. The lowest BCUT2D eigenvalue weighted by Crippen LogP contribution is -2.62. The Labute approximate surface area is 240 Å². The molecule has 2 aliphatic heterocycles. The Morgan fingerprint density at radius 3 is 2.86 bits per heavy atom. The molecule has 13 heteroatoms. The Hall–Kier alpha value is -5.77. The molecule has 2 saturated heterocycles. The van der Waals surface area contributed by atoms with Gasteiger partial charge in [-0.05, 0) is 42.7 Å². The van der Waals surface area contributed by atoms with Gasteiger partial charge in [0.25, 0.3) is 5.91 Å². The fourth-order valence-corrected chi connectivity index (χ4v) is 5.47. The predicted molar refractivity (Wildman–Crippen MR) is 155 cm³/mol. The normalized spacial score (nSPS) is 17.3. The fourth-order valence-electron chi connectivity index (χ4n) is 5.47. The number of phenolic OH excluding ortho intramolecular Hbond substituents is 1. The van der Waals surface area contributed by atoms with Crippen LogP contribution in [0.25, 0.3) is 16.9 Å². The third-order valence-corrected chi connectivity index (χ3v) is 7.53. The molecule has 0 saturated carbocycles. The number of phenols is 1. The van der Waals surface area contributed by atoms with Crippen LogP contribution in [-0.4, -0.2) is 77.5 Å². The molecular weight excluding hydrogens is 534 g/mol. The summed E-state index contributed by atoms with van der Waals surface area (Å²) in [5.74, 6) is 7.21. The highest BCUT2D eigenvalue weighted by atomic mass is 16.3. The minimum Gasteiger partial charge on any atom is -0.507 e. The molecule has 7 rings (SSSR count). The lowest BCUT2D eigenvalue weighted by atomic mass is 9.95. The average molecular weight is 560 g/mol. The first-order valence-electron chi connectivity index (χ1n) is 13.4. The van der Waals surface area contributed by atoms with Crippen molar-refractivity contribution in [2.75, 3.05) is 35.2 Å². The number of nitrogens with zero attached hydrogens (tertiary/aromatic N) is 9. The summed E-state index contributed by atoms with van der Waals surface area (Å²) in [7, 11) is 0. The number of carbonyl (C=O) groups is 1. The number of nitrogen functional groups attached to an aromatic ring is 1. The number of anilines is 3. The van der Waals surface area contributed by atoms with Crippen LogP contribution in [0.1, 0.15) is 22.7 Å². The summed E-state index contributed by atoms with van der Waals surface area (Å²) in [5, 5.41) is 25.6. The quantitative estimate of drug-likeness (QED) is 0.268. The zero-order valence-corrected chi connectivity index (χ0v) is 22.3. The third-order valence-electron chi connectivity index (χ3n) is 7.53. The number of nitrogens with one attached hydrogen (secondary N) is 1. The van der Waals surface area contributed by atoms with E-state index in [0.717, 1.165) is 31.0 Å². The standard InChI is InChI=1S/C29H25N11O2/c30-28-22(15-19(35-36-28)18-5-1-2-6-24(18)41)39-17-23-21(39)9-14-38(23)26-8-12-31-25(34-26)7-3-10-33-29(42)20-16-27-32-11-4-13-40(27)37-20/h1-2,4-6,8,11-13,15-16,21,23,41H,9-10,14,17H2,(H2,30,36)(H,33,42)/t21-,23-/m0/s1. The number of rotatable bonds is 5. The van der Waals surface area contributed by atoms with Crippen LogP contribution in [0.3, 0.4) is 0 Å². The maximum absolute atomic E-state index is 12.4. The van der Waals surface area contributed by atoms with Crippen LogP contribution in [0.15, 0.2) is 67.1 Å². The van der Waals surface area contributed by atoms with Gasteiger partial charge in [-0.15, -0.1) is 10.2 Å².